The third-order valence-electron chi connectivity index (χ3n) is 2.51. The monoisotopic (exact) mass is 319 g/mol. The van der Waals surface area contributed by atoms with E-state index in [0.717, 1.165) is 12.1 Å². The maximum absolute atomic E-state index is 12.4. The number of nitrogens with zero attached hydrogens (tertiary/aromatic N) is 1. The highest BCUT2D eigenvalue weighted by Gasteiger charge is 2.31. The topological polar surface area (TPSA) is 30.0 Å². The van der Waals surface area contributed by atoms with Gasteiger partial charge in [0.05, 0.1) is 15.6 Å². The second kappa shape index (κ2) is 5.42. The molecule has 7 heteroatoms. The Morgan fingerprint density at radius 1 is 1.05 bits per heavy atom. The normalized spacial score (nSPS) is 11.4. The van der Waals surface area contributed by atoms with Crippen molar-refractivity contribution in [1.29, 1.82) is 0 Å². The summed E-state index contributed by atoms with van der Waals surface area (Å²) in [6.07, 6.45) is -3.87. The van der Waals surface area contributed by atoms with Crippen molar-refractivity contribution in [1.82, 2.24) is 4.98 Å². The van der Waals surface area contributed by atoms with Gasteiger partial charge in [-0.2, -0.15) is 13.2 Å². The molecular formula is C13H6Cl2F3NO. The molecule has 2 nitrogen and oxygen atoms in total. The minimum Gasteiger partial charge on any atom is -0.287 e. The van der Waals surface area contributed by atoms with Crippen LogP contribution in [0.5, 0.6) is 0 Å². The number of hydrogen-bond donors (Lipinski definition) is 0. The summed E-state index contributed by atoms with van der Waals surface area (Å²) < 4.78 is 37.2. The van der Waals surface area contributed by atoms with Crippen LogP contribution in [0.2, 0.25) is 10.0 Å². The molecule has 0 fully saturated rings. The van der Waals surface area contributed by atoms with Crippen LogP contribution >= 0.6 is 23.2 Å². The second-order valence-corrected chi connectivity index (χ2v) is 4.70. The van der Waals surface area contributed by atoms with Gasteiger partial charge in [0.2, 0.25) is 5.78 Å². The molecule has 0 saturated heterocycles. The van der Waals surface area contributed by atoms with E-state index < -0.39 is 17.5 Å². The number of pyridine rings is 1. The highest BCUT2D eigenvalue weighted by atomic mass is 35.5. The van der Waals surface area contributed by atoms with E-state index in [1.54, 1.807) is 0 Å². The molecule has 1 heterocycles. The van der Waals surface area contributed by atoms with E-state index in [1.807, 2.05) is 0 Å². The summed E-state index contributed by atoms with van der Waals surface area (Å²) in [5.41, 5.74) is -0.814. The fourth-order valence-electron chi connectivity index (χ4n) is 1.48. The van der Waals surface area contributed by atoms with Crippen molar-refractivity contribution in [2.45, 2.75) is 6.18 Å². The van der Waals surface area contributed by atoms with Gasteiger partial charge in [-0.25, -0.2) is 0 Å². The van der Waals surface area contributed by atoms with Crippen LogP contribution in [0.3, 0.4) is 0 Å². The Morgan fingerprint density at radius 2 is 1.75 bits per heavy atom. The van der Waals surface area contributed by atoms with Crippen molar-refractivity contribution in [2.75, 3.05) is 0 Å². The first kappa shape index (κ1) is 14.8. The summed E-state index contributed by atoms with van der Waals surface area (Å²) in [5, 5.41) is 0.466. The van der Waals surface area contributed by atoms with E-state index in [-0.39, 0.29) is 21.3 Å². The lowest BCUT2D eigenvalue weighted by Crippen LogP contribution is -2.09. The molecule has 0 N–H and O–H groups in total. The van der Waals surface area contributed by atoms with Crippen LogP contribution < -0.4 is 0 Å². The largest absolute Gasteiger partial charge is 0.417 e. The average molecular weight is 320 g/mol. The molecule has 0 aliphatic carbocycles. The predicted octanol–water partition coefficient (Wildman–Crippen LogP) is 4.64. The molecule has 0 spiro atoms. The van der Waals surface area contributed by atoms with Crippen molar-refractivity contribution in [3.05, 3.63) is 63.4 Å². The summed E-state index contributed by atoms with van der Waals surface area (Å²) in [5.74, 6) is -0.530. The summed E-state index contributed by atoms with van der Waals surface area (Å²) in [6.45, 7) is 0. The number of ketones is 1. The van der Waals surface area contributed by atoms with E-state index in [0.29, 0.717) is 6.20 Å². The Morgan fingerprint density at radius 3 is 2.25 bits per heavy atom. The molecule has 1 aromatic heterocycles. The molecule has 0 bridgehead atoms. The van der Waals surface area contributed by atoms with Gasteiger partial charge >= 0.3 is 6.18 Å². The number of benzene rings is 1. The molecule has 2 rings (SSSR count). The van der Waals surface area contributed by atoms with Crippen molar-refractivity contribution in [3.63, 3.8) is 0 Å². The van der Waals surface area contributed by atoms with Crippen LogP contribution in [-0.4, -0.2) is 10.8 Å². The number of carbonyl (C=O) groups excluding carboxylic acids is 1. The van der Waals surface area contributed by atoms with Crippen molar-refractivity contribution in [3.8, 4) is 0 Å². The van der Waals surface area contributed by atoms with Gasteiger partial charge in [0.1, 0.15) is 5.69 Å². The lowest BCUT2D eigenvalue weighted by atomic mass is 10.1. The highest BCUT2D eigenvalue weighted by Crippen LogP contribution is 2.29. The molecule has 20 heavy (non-hydrogen) atoms. The van der Waals surface area contributed by atoms with Crippen LogP contribution in [0, 0.1) is 0 Å². The highest BCUT2D eigenvalue weighted by molar-refractivity contribution is 6.42. The lowest BCUT2D eigenvalue weighted by Gasteiger charge is -2.07. The van der Waals surface area contributed by atoms with E-state index in [9.17, 15) is 18.0 Å². The predicted molar refractivity (Wildman–Crippen MR) is 69.1 cm³/mol. The van der Waals surface area contributed by atoms with Gasteiger partial charge < -0.3 is 0 Å². The Kier molecular flexibility index (Phi) is 4.01. The zero-order valence-corrected chi connectivity index (χ0v) is 11.2. The number of carbonyl (C=O) groups is 1. The van der Waals surface area contributed by atoms with E-state index in [4.69, 9.17) is 23.2 Å². The average Bonchev–Trinajstić information content (AvgIpc) is 2.40. The van der Waals surface area contributed by atoms with Crippen LogP contribution in [0.4, 0.5) is 13.2 Å². The molecule has 0 aliphatic rings. The molecule has 2 aromatic rings. The second-order valence-electron chi connectivity index (χ2n) is 3.89. The van der Waals surface area contributed by atoms with Crippen molar-refractivity contribution >= 4 is 29.0 Å². The molecule has 0 saturated carbocycles. The van der Waals surface area contributed by atoms with Crippen LogP contribution in [0.15, 0.2) is 36.5 Å². The fraction of sp³-hybridized carbons (Fsp3) is 0.0769. The number of hydrogen-bond acceptors (Lipinski definition) is 2. The van der Waals surface area contributed by atoms with Crippen molar-refractivity contribution < 1.29 is 18.0 Å². The molecule has 104 valence electrons. The van der Waals surface area contributed by atoms with Gasteiger partial charge in [-0.15, -0.1) is 0 Å². The fourth-order valence-corrected chi connectivity index (χ4v) is 1.78. The van der Waals surface area contributed by atoms with Crippen LogP contribution in [0.1, 0.15) is 21.6 Å². The van der Waals surface area contributed by atoms with Crippen LogP contribution in [-0.2, 0) is 6.18 Å². The third-order valence-corrected chi connectivity index (χ3v) is 3.24. The van der Waals surface area contributed by atoms with E-state index >= 15 is 0 Å². The smallest absolute Gasteiger partial charge is 0.287 e. The molecule has 0 radical (unpaired) electrons. The molecule has 0 atom stereocenters. The van der Waals surface area contributed by atoms with E-state index in [2.05, 4.69) is 4.98 Å². The molecular weight excluding hydrogens is 314 g/mol. The maximum Gasteiger partial charge on any atom is 0.417 e. The Labute approximate surface area is 122 Å². The number of halogens is 5. The molecule has 0 unspecified atom stereocenters. The lowest BCUT2D eigenvalue weighted by molar-refractivity contribution is -0.137. The third kappa shape index (κ3) is 3.11. The first-order chi connectivity index (χ1) is 9.29. The van der Waals surface area contributed by atoms with Crippen LogP contribution in [0.25, 0.3) is 0 Å². The zero-order valence-electron chi connectivity index (χ0n) is 9.71. The first-order valence-electron chi connectivity index (χ1n) is 5.32. The van der Waals surface area contributed by atoms with Gasteiger partial charge in [-0.3, -0.25) is 9.78 Å². The van der Waals surface area contributed by atoms with Gasteiger partial charge in [-0.05, 0) is 30.3 Å². The molecule has 1 aromatic carbocycles. The summed E-state index contributed by atoms with van der Waals surface area (Å²) >= 11 is 11.5. The number of aromatic nitrogens is 1. The van der Waals surface area contributed by atoms with Gasteiger partial charge in [0, 0.05) is 11.8 Å². The molecule has 0 aliphatic heterocycles. The van der Waals surface area contributed by atoms with Gasteiger partial charge in [-0.1, -0.05) is 23.2 Å². The number of alkyl halides is 3. The Hall–Kier alpha value is -1.59. The quantitative estimate of drug-likeness (QED) is 0.755. The first-order valence-corrected chi connectivity index (χ1v) is 6.07. The maximum atomic E-state index is 12.4. The minimum atomic E-state index is -4.49. The van der Waals surface area contributed by atoms with Gasteiger partial charge in [0.15, 0.2) is 0 Å². The van der Waals surface area contributed by atoms with Gasteiger partial charge in [0.25, 0.3) is 0 Å². The summed E-state index contributed by atoms with van der Waals surface area (Å²) in [6, 6.07) is 6.02. The minimum absolute atomic E-state index is 0.101. The van der Waals surface area contributed by atoms with E-state index in [1.165, 1.54) is 18.2 Å². The zero-order chi connectivity index (χ0) is 14.9. The Bertz CT molecular complexity index is 654. The summed E-state index contributed by atoms with van der Waals surface area (Å²) in [4.78, 5) is 15.6. The number of rotatable bonds is 2. The summed E-state index contributed by atoms with van der Waals surface area (Å²) in [7, 11) is 0. The molecule has 0 amide bonds. The standard InChI is InChI=1S/C13H6Cl2F3NO/c14-9-3-1-7(5-10(9)15)12(20)11-4-2-8(6-19-11)13(16,17)18/h1-6H. The SMILES string of the molecule is O=C(c1ccc(Cl)c(Cl)c1)c1ccc(C(F)(F)F)cn1. The Balaban J connectivity index is 2.31. The van der Waals surface area contributed by atoms with Crippen molar-refractivity contribution in [2.24, 2.45) is 0 Å².